The average molecular weight is 231 g/mol. The van der Waals surface area contributed by atoms with Crippen LogP contribution in [0.5, 0.6) is 0 Å². The van der Waals surface area contributed by atoms with Gasteiger partial charge in [-0.2, -0.15) is 5.10 Å². The largest absolute Gasteiger partial charge is 0.377 e. The van der Waals surface area contributed by atoms with E-state index in [9.17, 15) is 0 Å². The number of thioether (sulfide) groups is 1. The molecule has 4 heteroatoms. The lowest BCUT2D eigenvalue weighted by Gasteiger charge is -2.05. The fourth-order valence-electron chi connectivity index (χ4n) is 1.61. The van der Waals surface area contributed by atoms with Gasteiger partial charge in [0.2, 0.25) is 0 Å². The molecule has 2 rings (SSSR count). The first kappa shape index (κ1) is 10.8. The zero-order valence-electron chi connectivity index (χ0n) is 8.76. The van der Waals surface area contributed by atoms with Crippen LogP contribution in [0.15, 0.2) is 47.6 Å². The van der Waals surface area contributed by atoms with Crippen molar-refractivity contribution in [1.82, 2.24) is 0 Å². The minimum absolute atomic E-state index is 0.410. The highest BCUT2D eigenvalue weighted by atomic mass is 32.2. The topological polar surface area (TPSA) is 64.4 Å². The van der Waals surface area contributed by atoms with Gasteiger partial charge in [0.1, 0.15) is 0 Å². The molecule has 0 saturated heterocycles. The number of hydrogen-bond acceptors (Lipinski definition) is 3. The molecule has 0 saturated carbocycles. The maximum absolute atomic E-state index is 5.55. The number of hydrazone groups is 1. The van der Waals surface area contributed by atoms with E-state index in [4.69, 9.17) is 11.6 Å². The molecule has 0 aliphatic heterocycles. The van der Waals surface area contributed by atoms with Crippen LogP contribution in [0.3, 0.4) is 0 Å². The molecule has 0 heterocycles. The lowest BCUT2D eigenvalue weighted by molar-refractivity contribution is 1.25. The molecule has 4 N–H and O–H groups in total. The molecule has 82 valence electrons. The Kier molecular flexibility index (Phi) is 3.31. The van der Waals surface area contributed by atoms with Crippen molar-refractivity contribution in [2.45, 2.75) is 5.75 Å². The van der Waals surface area contributed by atoms with Crippen molar-refractivity contribution >= 4 is 27.7 Å². The van der Waals surface area contributed by atoms with Gasteiger partial charge >= 0.3 is 0 Å². The number of nitrogens with zero attached hydrogens (tertiary/aromatic N) is 1. The number of fused-ring (bicyclic) bond motifs is 1. The number of benzene rings is 2. The second-order valence-corrected chi connectivity index (χ2v) is 4.39. The highest BCUT2D eigenvalue weighted by Gasteiger charge is 2.01. The summed E-state index contributed by atoms with van der Waals surface area (Å²) >= 11 is 1.45. The van der Waals surface area contributed by atoms with Crippen LogP contribution in [0.1, 0.15) is 5.56 Å². The smallest absolute Gasteiger partial charge is 0.177 e. The fourth-order valence-corrected chi connectivity index (χ4v) is 2.24. The van der Waals surface area contributed by atoms with E-state index < -0.39 is 0 Å². The Morgan fingerprint density at radius 2 is 1.88 bits per heavy atom. The Morgan fingerprint density at radius 3 is 2.69 bits per heavy atom. The van der Waals surface area contributed by atoms with E-state index >= 15 is 0 Å². The molecule has 0 atom stereocenters. The molecule has 0 unspecified atom stereocenters. The molecular weight excluding hydrogens is 218 g/mol. The van der Waals surface area contributed by atoms with Gasteiger partial charge in [-0.1, -0.05) is 54.2 Å². The first-order valence-electron chi connectivity index (χ1n) is 4.94. The van der Waals surface area contributed by atoms with E-state index in [2.05, 4.69) is 29.4 Å². The number of hydrogen-bond donors (Lipinski definition) is 2. The summed E-state index contributed by atoms with van der Waals surface area (Å²) in [4.78, 5) is 0. The number of nitrogens with two attached hydrogens (primary N) is 2. The van der Waals surface area contributed by atoms with Gasteiger partial charge < -0.3 is 11.6 Å². The van der Waals surface area contributed by atoms with Gasteiger partial charge in [0.05, 0.1) is 0 Å². The normalized spacial score (nSPS) is 11.9. The maximum Gasteiger partial charge on any atom is 0.177 e. The van der Waals surface area contributed by atoms with E-state index in [-0.39, 0.29) is 0 Å². The first-order valence-corrected chi connectivity index (χ1v) is 5.92. The summed E-state index contributed by atoms with van der Waals surface area (Å²) in [5, 5.41) is 6.34. The van der Waals surface area contributed by atoms with Crippen LogP contribution in [-0.2, 0) is 5.75 Å². The van der Waals surface area contributed by atoms with Crippen LogP contribution >= 0.6 is 11.8 Å². The Labute approximate surface area is 98.5 Å². The van der Waals surface area contributed by atoms with Gasteiger partial charge in [-0.25, -0.2) is 0 Å². The minimum Gasteiger partial charge on any atom is -0.377 e. The summed E-state index contributed by atoms with van der Waals surface area (Å²) in [7, 11) is 0. The molecule has 16 heavy (non-hydrogen) atoms. The van der Waals surface area contributed by atoms with E-state index in [1.807, 2.05) is 18.2 Å². The maximum atomic E-state index is 5.55. The lowest BCUT2D eigenvalue weighted by atomic mass is 10.1. The van der Waals surface area contributed by atoms with Crippen molar-refractivity contribution < 1.29 is 0 Å². The van der Waals surface area contributed by atoms with Crippen molar-refractivity contribution in [3.63, 3.8) is 0 Å². The van der Waals surface area contributed by atoms with Gasteiger partial charge in [0.25, 0.3) is 0 Å². The molecule has 2 aromatic carbocycles. The van der Waals surface area contributed by atoms with Crippen LogP contribution in [-0.4, -0.2) is 5.17 Å². The second-order valence-electron chi connectivity index (χ2n) is 3.39. The molecule has 0 bridgehead atoms. The quantitative estimate of drug-likeness (QED) is 0.360. The average Bonchev–Trinajstić information content (AvgIpc) is 2.35. The van der Waals surface area contributed by atoms with Gasteiger partial charge in [-0.15, -0.1) is 0 Å². The van der Waals surface area contributed by atoms with Gasteiger partial charge in [0, 0.05) is 5.75 Å². The standard InChI is InChI=1S/C12H13N3S/c13-12(15-14)16-8-10-6-3-5-9-4-1-2-7-11(9)10/h1-7H,8,14H2,(H2,13,15). The van der Waals surface area contributed by atoms with Gasteiger partial charge in [-0.3, -0.25) is 0 Å². The van der Waals surface area contributed by atoms with Gasteiger partial charge in [0.15, 0.2) is 5.17 Å². The van der Waals surface area contributed by atoms with Crippen molar-refractivity contribution in [3.8, 4) is 0 Å². The highest BCUT2D eigenvalue weighted by molar-refractivity contribution is 8.13. The fraction of sp³-hybridized carbons (Fsp3) is 0.0833. The first-order chi connectivity index (χ1) is 7.81. The predicted octanol–water partition coefficient (Wildman–Crippen LogP) is 2.26. The van der Waals surface area contributed by atoms with Crippen LogP contribution in [0.25, 0.3) is 10.8 Å². The molecule has 2 aromatic rings. The molecular formula is C12H13N3S. The van der Waals surface area contributed by atoms with Crippen LogP contribution in [0.4, 0.5) is 0 Å². The Balaban J connectivity index is 2.30. The molecule has 0 aliphatic carbocycles. The van der Waals surface area contributed by atoms with E-state index in [1.54, 1.807) is 0 Å². The summed E-state index contributed by atoms with van der Waals surface area (Å²) in [6.07, 6.45) is 0. The zero-order chi connectivity index (χ0) is 11.4. The molecule has 0 spiro atoms. The van der Waals surface area contributed by atoms with E-state index in [0.29, 0.717) is 5.17 Å². The summed E-state index contributed by atoms with van der Waals surface area (Å²) in [6.45, 7) is 0. The molecule has 0 amide bonds. The summed E-state index contributed by atoms with van der Waals surface area (Å²) in [5.41, 5.74) is 6.80. The Hall–Kier alpha value is -1.68. The Morgan fingerprint density at radius 1 is 1.12 bits per heavy atom. The van der Waals surface area contributed by atoms with Crippen molar-refractivity contribution in [2.75, 3.05) is 0 Å². The SMILES string of the molecule is NN=C(N)SCc1cccc2ccccc12. The second kappa shape index (κ2) is 4.90. The van der Waals surface area contributed by atoms with Gasteiger partial charge in [-0.05, 0) is 16.3 Å². The monoisotopic (exact) mass is 231 g/mol. The predicted molar refractivity (Wildman–Crippen MR) is 71.1 cm³/mol. The molecule has 0 aliphatic rings. The van der Waals surface area contributed by atoms with Crippen LogP contribution in [0.2, 0.25) is 0 Å². The van der Waals surface area contributed by atoms with E-state index in [0.717, 1.165) is 5.75 Å². The third-order valence-corrected chi connectivity index (χ3v) is 3.24. The molecule has 3 nitrogen and oxygen atoms in total. The summed E-state index contributed by atoms with van der Waals surface area (Å²) < 4.78 is 0. The molecule has 0 fully saturated rings. The zero-order valence-corrected chi connectivity index (χ0v) is 9.58. The number of rotatable bonds is 2. The summed E-state index contributed by atoms with van der Waals surface area (Å²) in [5.74, 6) is 5.88. The van der Waals surface area contributed by atoms with Crippen molar-refractivity contribution in [1.29, 1.82) is 0 Å². The lowest BCUT2D eigenvalue weighted by Crippen LogP contribution is -2.09. The summed E-state index contributed by atoms with van der Waals surface area (Å²) in [6, 6.07) is 14.5. The van der Waals surface area contributed by atoms with Crippen LogP contribution < -0.4 is 11.6 Å². The Bertz CT molecular complexity index is 517. The third-order valence-electron chi connectivity index (χ3n) is 2.38. The molecule has 0 aromatic heterocycles. The molecule has 0 radical (unpaired) electrons. The van der Waals surface area contributed by atoms with Crippen molar-refractivity contribution in [2.24, 2.45) is 16.7 Å². The minimum atomic E-state index is 0.410. The third kappa shape index (κ3) is 2.28. The van der Waals surface area contributed by atoms with E-state index in [1.165, 1.54) is 28.1 Å². The van der Waals surface area contributed by atoms with Crippen LogP contribution in [0, 0.1) is 0 Å². The highest BCUT2D eigenvalue weighted by Crippen LogP contribution is 2.22. The number of amidine groups is 1. The van der Waals surface area contributed by atoms with Crippen molar-refractivity contribution in [3.05, 3.63) is 48.0 Å².